The molecule has 5 aliphatic rings. The number of ether oxygens (including phenoxy) is 4. The molecule has 35 heavy (non-hydrogen) atoms. The van der Waals surface area contributed by atoms with Crippen molar-refractivity contribution in [3.05, 3.63) is 41.5 Å². The number of methoxy groups -OCH3 is 1. The second-order valence-corrected chi connectivity index (χ2v) is 12.4. The van der Waals surface area contributed by atoms with Gasteiger partial charge in [-0.2, -0.15) is 0 Å². The van der Waals surface area contributed by atoms with Gasteiger partial charge in [0.2, 0.25) is 0 Å². The van der Waals surface area contributed by atoms with E-state index >= 15 is 0 Å². The van der Waals surface area contributed by atoms with Crippen LogP contribution >= 0.6 is 0 Å². The zero-order valence-corrected chi connectivity index (χ0v) is 21.6. The van der Waals surface area contributed by atoms with Gasteiger partial charge in [-0.25, -0.2) is 0 Å². The fourth-order valence-electron chi connectivity index (χ4n) is 8.49. The summed E-state index contributed by atoms with van der Waals surface area (Å²) in [6, 6.07) is 8.05. The molecule has 4 fully saturated rings. The van der Waals surface area contributed by atoms with Gasteiger partial charge in [0.05, 0.1) is 33.5 Å². The molecule has 0 amide bonds. The van der Waals surface area contributed by atoms with Crippen LogP contribution in [0.25, 0.3) is 0 Å². The number of Topliss-reactive ketones (excluding diaryl/α,β-unsaturated/α-hetero) is 1. The largest absolute Gasteiger partial charge is 0.497 e. The third kappa shape index (κ3) is 3.81. The summed E-state index contributed by atoms with van der Waals surface area (Å²) in [6.45, 7) is 9.61. The maximum atomic E-state index is 14.5. The van der Waals surface area contributed by atoms with Gasteiger partial charge >= 0.3 is 0 Å². The SMILES string of the molecule is COc1ccc(COCC2=C[C@@H]3C[C@H](C4OCCO4)C[C@]34C(=O)[C@H](C2)[C@H]2[C@@H](C[C@H]4C)C2(C)C)cc1. The van der Waals surface area contributed by atoms with Gasteiger partial charge in [0.25, 0.3) is 0 Å². The molecule has 6 rings (SSSR count). The molecule has 190 valence electrons. The van der Waals surface area contributed by atoms with Gasteiger partial charge in [0.15, 0.2) is 6.29 Å². The standard InChI is InChI=1S/C30H40O5/c1-18-11-25-26(29(25,2)3)24-13-20(17-33-16-19-5-7-23(32-4)8-6-19)12-22-14-21(28-34-9-10-35-28)15-30(18,22)27(24)31/h5-8,12,18,21-22,24-26,28H,9-11,13-17H2,1-4H3/t18-,21+,22-,24-,25-,26+,30-/m1/s1. The van der Waals surface area contributed by atoms with Crippen LogP contribution in [0.1, 0.15) is 52.0 Å². The molecule has 4 aliphatic carbocycles. The van der Waals surface area contributed by atoms with Gasteiger partial charge in [0, 0.05) is 17.3 Å². The van der Waals surface area contributed by atoms with E-state index in [0.29, 0.717) is 55.9 Å². The molecule has 1 aromatic rings. The lowest BCUT2D eigenvalue weighted by molar-refractivity contribution is -0.139. The molecule has 1 aromatic carbocycles. The summed E-state index contributed by atoms with van der Waals surface area (Å²) in [6.07, 6.45) is 6.23. The third-order valence-electron chi connectivity index (χ3n) is 10.3. The van der Waals surface area contributed by atoms with Gasteiger partial charge in [-0.05, 0) is 78.0 Å². The zero-order valence-electron chi connectivity index (χ0n) is 21.6. The molecule has 5 heteroatoms. The lowest BCUT2D eigenvalue weighted by Crippen LogP contribution is -2.43. The van der Waals surface area contributed by atoms with Crippen molar-refractivity contribution in [2.75, 3.05) is 26.9 Å². The van der Waals surface area contributed by atoms with Crippen molar-refractivity contribution in [1.29, 1.82) is 0 Å². The van der Waals surface area contributed by atoms with Crippen molar-refractivity contribution in [3.63, 3.8) is 0 Å². The Balaban J connectivity index is 1.26. The van der Waals surface area contributed by atoms with Crippen molar-refractivity contribution in [2.45, 2.75) is 59.4 Å². The minimum atomic E-state index is -0.272. The molecule has 3 saturated carbocycles. The van der Waals surface area contributed by atoms with E-state index in [2.05, 4.69) is 39.0 Å². The Morgan fingerprint density at radius 2 is 1.80 bits per heavy atom. The molecule has 1 saturated heterocycles. The molecule has 0 N–H and O–H groups in total. The number of carbonyl (C=O) groups is 1. The molecular formula is C30H40O5. The number of fused-ring (bicyclic) bond motifs is 3. The molecule has 1 spiro atoms. The lowest BCUT2D eigenvalue weighted by Gasteiger charge is -2.39. The Morgan fingerprint density at radius 1 is 1.06 bits per heavy atom. The van der Waals surface area contributed by atoms with E-state index in [1.807, 2.05) is 12.1 Å². The van der Waals surface area contributed by atoms with E-state index in [4.69, 9.17) is 18.9 Å². The molecule has 7 atom stereocenters. The summed E-state index contributed by atoms with van der Waals surface area (Å²) in [7, 11) is 1.68. The van der Waals surface area contributed by atoms with E-state index in [-0.39, 0.29) is 29.0 Å². The quantitative estimate of drug-likeness (QED) is 0.509. The summed E-state index contributed by atoms with van der Waals surface area (Å²) in [5, 5.41) is 0. The molecule has 0 radical (unpaired) electrons. The van der Waals surface area contributed by atoms with Crippen molar-refractivity contribution < 1.29 is 23.7 Å². The highest BCUT2D eigenvalue weighted by atomic mass is 16.7. The maximum absolute atomic E-state index is 14.5. The molecule has 0 aromatic heterocycles. The monoisotopic (exact) mass is 480 g/mol. The number of rotatable bonds is 6. The second-order valence-electron chi connectivity index (χ2n) is 12.4. The van der Waals surface area contributed by atoms with Crippen LogP contribution in [0.3, 0.4) is 0 Å². The van der Waals surface area contributed by atoms with E-state index in [1.54, 1.807) is 7.11 Å². The minimum absolute atomic E-state index is 0.116. The molecular weight excluding hydrogens is 440 g/mol. The lowest BCUT2D eigenvalue weighted by atomic mass is 9.62. The van der Waals surface area contributed by atoms with Crippen molar-refractivity contribution in [2.24, 2.45) is 46.3 Å². The van der Waals surface area contributed by atoms with Gasteiger partial charge < -0.3 is 18.9 Å². The Bertz CT molecular complexity index is 991. The van der Waals surface area contributed by atoms with Gasteiger partial charge in [-0.15, -0.1) is 0 Å². The summed E-state index contributed by atoms with van der Waals surface area (Å²) in [5.74, 6) is 3.61. The number of carbonyl (C=O) groups excluding carboxylic acids is 1. The number of benzene rings is 1. The average molecular weight is 481 g/mol. The molecule has 1 aliphatic heterocycles. The highest BCUT2D eigenvalue weighted by Crippen LogP contribution is 2.72. The van der Waals surface area contributed by atoms with Crippen molar-refractivity contribution >= 4 is 5.78 Å². The molecule has 1 heterocycles. The predicted octanol–water partition coefficient (Wildman–Crippen LogP) is 5.42. The van der Waals surface area contributed by atoms with Crippen LogP contribution < -0.4 is 4.74 Å². The van der Waals surface area contributed by atoms with Crippen molar-refractivity contribution in [1.82, 2.24) is 0 Å². The van der Waals surface area contributed by atoms with E-state index in [1.165, 1.54) is 12.0 Å². The Hall–Kier alpha value is -1.69. The average Bonchev–Trinajstić information content (AvgIpc) is 3.24. The first-order valence-electron chi connectivity index (χ1n) is 13.5. The summed E-state index contributed by atoms with van der Waals surface area (Å²) >= 11 is 0. The predicted molar refractivity (Wildman–Crippen MR) is 133 cm³/mol. The first-order chi connectivity index (χ1) is 16.8. The maximum Gasteiger partial charge on any atom is 0.160 e. The van der Waals surface area contributed by atoms with Crippen LogP contribution in [0.15, 0.2) is 35.9 Å². The van der Waals surface area contributed by atoms with Crippen LogP contribution in [-0.4, -0.2) is 39.0 Å². The Labute approximate surface area is 209 Å². The Morgan fingerprint density at radius 3 is 2.51 bits per heavy atom. The third-order valence-corrected chi connectivity index (χ3v) is 10.3. The molecule has 5 nitrogen and oxygen atoms in total. The fraction of sp³-hybridized carbons (Fsp3) is 0.700. The number of allylic oxidation sites excluding steroid dienone is 1. The van der Waals surface area contributed by atoms with Gasteiger partial charge in [0.1, 0.15) is 11.5 Å². The van der Waals surface area contributed by atoms with Gasteiger partial charge in [-0.1, -0.05) is 39.0 Å². The normalized spacial score (nSPS) is 39.9. The highest BCUT2D eigenvalue weighted by Gasteiger charge is 2.70. The van der Waals surface area contributed by atoms with E-state index in [9.17, 15) is 4.79 Å². The van der Waals surface area contributed by atoms with E-state index in [0.717, 1.165) is 30.6 Å². The molecule has 2 bridgehead atoms. The second kappa shape index (κ2) is 8.71. The minimum Gasteiger partial charge on any atom is -0.497 e. The first-order valence-corrected chi connectivity index (χ1v) is 13.5. The number of hydrogen-bond acceptors (Lipinski definition) is 5. The zero-order chi connectivity index (χ0) is 24.4. The topological polar surface area (TPSA) is 54.0 Å². The van der Waals surface area contributed by atoms with Crippen LogP contribution in [0.5, 0.6) is 5.75 Å². The number of ketones is 1. The van der Waals surface area contributed by atoms with Crippen molar-refractivity contribution in [3.8, 4) is 5.75 Å². The fourth-order valence-corrected chi connectivity index (χ4v) is 8.49. The summed E-state index contributed by atoms with van der Waals surface area (Å²) < 4.78 is 23.4. The smallest absolute Gasteiger partial charge is 0.160 e. The molecule has 0 unspecified atom stereocenters. The van der Waals surface area contributed by atoms with Crippen LogP contribution in [0.4, 0.5) is 0 Å². The summed E-state index contributed by atoms with van der Waals surface area (Å²) in [4.78, 5) is 14.5. The summed E-state index contributed by atoms with van der Waals surface area (Å²) in [5.41, 5.74) is 2.44. The van der Waals surface area contributed by atoms with Crippen LogP contribution in [0.2, 0.25) is 0 Å². The van der Waals surface area contributed by atoms with E-state index < -0.39 is 0 Å². The number of hydrogen-bond donors (Lipinski definition) is 0. The Kier molecular flexibility index (Phi) is 5.89. The van der Waals surface area contributed by atoms with Crippen LogP contribution in [0, 0.1) is 46.3 Å². The first kappa shape index (κ1) is 23.7. The van der Waals surface area contributed by atoms with Gasteiger partial charge in [-0.3, -0.25) is 4.79 Å². The van der Waals surface area contributed by atoms with Crippen LogP contribution in [-0.2, 0) is 25.6 Å². The highest BCUT2D eigenvalue weighted by molar-refractivity contribution is 5.90.